The molecule has 0 saturated carbocycles. The number of benzene rings is 5. The summed E-state index contributed by atoms with van der Waals surface area (Å²) in [6.45, 7) is 0. The molecule has 0 aliphatic rings. The zero-order chi connectivity index (χ0) is 27.5. The summed E-state index contributed by atoms with van der Waals surface area (Å²) in [5.74, 6) is 2.18. The fourth-order valence-corrected chi connectivity index (χ4v) is 4.34. The number of pyridine rings is 1. The van der Waals surface area contributed by atoms with Gasteiger partial charge in [0.05, 0.1) is 0 Å². The van der Waals surface area contributed by atoms with Crippen LogP contribution in [0.3, 0.4) is 0 Å². The molecule has 0 amide bonds. The van der Waals surface area contributed by atoms with E-state index in [4.69, 9.17) is 13.6 Å². The van der Waals surface area contributed by atoms with Crippen LogP contribution in [0.15, 0.2) is 170 Å². The van der Waals surface area contributed by atoms with E-state index in [2.05, 4.69) is 17.1 Å². The summed E-state index contributed by atoms with van der Waals surface area (Å²) in [5.41, 5.74) is 2.01. The second kappa shape index (κ2) is 18.9. The normalized spacial score (nSPS) is 9.49. The summed E-state index contributed by atoms with van der Waals surface area (Å²) >= 11 is 0. The van der Waals surface area contributed by atoms with Crippen molar-refractivity contribution in [2.75, 3.05) is 0 Å². The number of nitrogens with zero attached hydrogens (tertiary/aromatic N) is 1. The minimum absolute atomic E-state index is 0. The van der Waals surface area contributed by atoms with Crippen LogP contribution >= 0.6 is 8.60 Å². The van der Waals surface area contributed by atoms with Gasteiger partial charge in [0, 0.05) is 26.3 Å². The number of hydrogen-bond acceptors (Lipinski definition) is 4. The number of hydrogen-bond donors (Lipinski definition) is 0. The van der Waals surface area contributed by atoms with Gasteiger partial charge in [0.1, 0.15) is 0 Å². The van der Waals surface area contributed by atoms with Crippen LogP contribution in [-0.4, -0.2) is 4.98 Å². The van der Waals surface area contributed by atoms with Gasteiger partial charge in [-0.3, -0.25) is 13.6 Å². The molecule has 1 aromatic heterocycles. The molecule has 6 aromatic rings. The molecule has 0 saturated heterocycles. The van der Waals surface area contributed by atoms with E-state index in [1.54, 1.807) is 6.20 Å². The zero-order valence-electron chi connectivity index (χ0n) is 22.2. The molecule has 0 aliphatic carbocycles. The van der Waals surface area contributed by atoms with Crippen molar-refractivity contribution in [2.45, 2.75) is 0 Å². The van der Waals surface area contributed by atoms with E-state index in [9.17, 15) is 0 Å². The van der Waals surface area contributed by atoms with E-state index in [1.165, 1.54) is 0 Å². The van der Waals surface area contributed by atoms with E-state index in [1.807, 2.05) is 164 Å². The van der Waals surface area contributed by atoms with E-state index >= 15 is 0 Å². The van der Waals surface area contributed by atoms with Crippen molar-refractivity contribution in [1.82, 2.24) is 4.98 Å². The summed E-state index contributed by atoms with van der Waals surface area (Å²) in [5, 5.41) is 0. The minimum Gasteiger partial charge on any atom is -0.305 e. The van der Waals surface area contributed by atoms with Gasteiger partial charge >= 0.3 is 8.60 Å². The Balaban J connectivity index is 0.000000202. The van der Waals surface area contributed by atoms with Crippen LogP contribution in [0, 0.1) is 12.1 Å². The Morgan fingerprint density at radius 2 is 0.902 bits per heavy atom. The van der Waals surface area contributed by atoms with Crippen LogP contribution in [0.2, 0.25) is 0 Å². The minimum atomic E-state index is -2.00. The third-order valence-corrected chi connectivity index (χ3v) is 6.30. The van der Waals surface area contributed by atoms with Crippen LogP contribution in [0.4, 0.5) is 0 Å². The molecule has 1 heterocycles. The van der Waals surface area contributed by atoms with Gasteiger partial charge in [-0.25, -0.2) is 0 Å². The first kappa shape index (κ1) is 31.3. The molecular formula is C35H29IrNO3P-. The van der Waals surface area contributed by atoms with Crippen molar-refractivity contribution < 1.29 is 33.7 Å². The molecule has 0 bridgehead atoms. The van der Waals surface area contributed by atoms with Crippen LogP contribution < -0.4 is 13.6 Å². The molecule has 0 unspecified atom stereocenters. The van der Waals surface area contributed by atoms with E-state index in [0.717, 1.165) is 28.5 Å². The van der Waals surface area contributed by atoms with Crippen molar-refractivity contribution in [2.24, 2.45) is 0 Å². The molecule has 207 valence electrons. The molecule has 0 spiro atoms. The predicted molar refractivity (Wildman–Crippen MR) is 163 cm³/mol. The van der Waals surface area contributed by atoms with Gasteiger partial charge in [-0.05, 0) is 48.2 Å². The Labute approximate surface area is 257 Å². The van der Waals surface area contributed by atoms with Gasteiger partial charge in [0.15, 0.2) is 17.2 Å². The van der Waals surface area contributed by atoms with Gasteiger partial charge in [-0.2, -0.15) is 36.4 Å². The molecule has 0 atom stereocenters. The summed E-state index contributed by atoms with van der Waals surface area (Å²) in [4.78, 5) is 4.22. The first-order chi connectivity index (χ1) is 19.9. The van der Waals surface area contributed by atoms with Gasteiger partial charge in [0.2, 0.25) is 0 Å². The van der Waals surface area contributed by atoms with Crippen molar-refractivity contribution in [3.8, 4) is 28.5 Å². The molecule has 1 radical (unpaired) electrons. The maximum atomic E-state index is 5.88. The fourth-order valence-electron chi connectivity index (χ4n) is 3.23. The smallest absolute Gasteiger partial charge is 0.305 e. The SMILES string of the molecule is [Ir].[c-]1ccccc1.[c-]1ccccc1-c1ccccn1.c1ccc(O[PH+](Oc2ccccc2)Oc2ccccc2)cc1. The Morgan fingerprint density at radius 3 is 1.27 bits per heavy atom. The van der Waals surface area contributed by atoms with Crippen LogP contribution in [-0.2, 0) is 20.1 Å². The summed E-state index contributed by atoms with van der Waals surface area (Å²) < 4.78 is 17.6. The molecule has 41 heavy (non-hydrogen) atoms. The third kappa shape index (κ3) is 12.2. The average molecular weight is 735 g/mol. The van der Waals surface area contributed by atoms with Crippen molar-refractivity contribution in [3.63, 3.8) is 0 Å². The Kier molecular flexibility index (Phi) is 14.4. The number of aromatic nitrogens is 1. The maximum absolute atomic E-state index is 5.88. The molecule has 5 aromatic carbocycles. The second-order valence-electron chi connectivity index (χ2n) is 8.06. The van der Waals surface area contributed by atoms with Gasteiger partial charge in [-0.15, -0.1) is 35.9 Å². The van der Waals surface area contributed by atoms with Gasteiger partial charge in [0.25, 0.3) is 0 Å². The number of para-hydroxylation sites is 3. The maximum Gasteiger partial charge on any atom is 0.528 e. The van der Waals surface area contributed by atoms with Gasteiger partial charge < -0.3 is 4.98 Å². The standard InChI is InChI=1S/C18H16O3P.C11H8N.C6H5.Ir/c1-4-10-16(11-5-1)19-22(20-17-12-6-2-7-13-17)21-18-14-8-3-9-15-18;1-2-6-10(7-3-1)11-8-4-5-9-12-11;1-2-4-6-5-3-1;/h1-15,22H;1-6,8-9H;1-5H;/q+1;2*-1;. The van der Waals surface area contributed by atoms with Crippen LogP contribution in [0.25, 0.3) is 11.3 Å². The van der Waals surface area contributed by atoms with Crippen molar-refractivity contribution in [3.05, 3.63) is 182 Å². The Bertz CT molecular complexity index is 1290. The van der Waals surface area contributed by atoms with Gasteiger partial charge in [-0.1, -0.05) is 66.7 Å². The summed E-state index contributed by atoms with van der Waals surface area (Å²) in [6, 6.07) is 57.9. The summed E-state index contributed by atoms with van der Waals surface area (Å²) in [7, 11) is -2.00. The monoisotopic (exact) mass is 735 g/mol. The topological polar surface area (TPSA) is 40.6 Å². The largest absolute Gasteiger partial charge is 0.528 e. The first-order valence-electron chi connectivity index (χ1n) is 12.7. The fraction of sp³-hybridized carbons (Fsp3) is 0. The first-order valence-corrected chi connectivity index (χ1v) is 13.9. The summed E-state index contributed by atoms with van der Waals surface area (Å²) in [6.07, 6.45) is 1.79. The average Bonchev–Trinajstić information content (AvgIpc) is 3.05. The quantitative estimate of drug-likeness (QED) is 0.121. The second-order valence-corrected chi connectivity index (χ2v) is 9.18. The zero-order valence-corrected chi connectivity index (χ0v) is 25.6. The third-order valence-electron chi connectivity index (χ3n) is 5.09. The van der Waals surface area contributed by atoms with E-state index in [0.29, 0.717) is 0 Å². The van der Waals surface area contributed by atoms with E-state index in [-0.39, 0.29) is 20.1 Å². The van der Waals surface area contributed by atoms with Crippen LogP contribution in [0.1, 0.15) is 0 Å². The molecular weight excluding hydrogens is 706 g/mol. The predicted octanol–water partition coefficient (Wildman–Crippen LogP) is 9.22. The molecule has 6 heteroatoms. The molecule has 0 aliphatic heterocycles. The van der Waals surface area contributed by atoms with Crippen molar-refractivity contribution >= 4 is 8.60 Å². The van der Waals surface area contributed by atoms with E-state index < -0.39 is 8.60 Å². The molecule has 0 N–H and O–H groups in total. The van der Waals surface area contributed by atoms with Crippen LogP contribution in [0.5, 0.6) is 17.2 Å². The molecule has 0 fully saturated rings. The molecule has 4 nitrogen and oxygen atoms in total. The Hall–Kier alpha value is -4.27. The molecule has 6 rings (SSSR count). The van der Waals surface area contributed by atoms with Crippen molar-refractivity contribution in [1.29, 1.82) is 0 Å². The number of rotatable bonds is 7. The Morgan fingerprint density at radius 1 is 0.463 bits per heavy atom.